The van der Waals surface area contributed by atoms with Crippen molar-refractivity contribution < 1.29 is 9.47 Å². The largest absolute Gasteiger partial charge is 0.355 e. The molecule has 1 fully saturated rings. The van der Waals surface area contributed by atoms with E-state index in [1.807, 2.05) is 6.92 Å². The number of hydrogen-bond acceptors (Lipinski definition) is 2. The van der Waals surface area contributed by atoms with E-state index in [4.69, 9.17) is 9.47 Å². The van der Waals surface area contributed by atoms with Crippen molar-refractivity contribution in [3.05, 3.63) is 0 Å². The van der Waals surface area contributed by atoms with E-state index in [1.165, 1.54) is 0 Å². The Balaban J connectivity index is 2.25. The number of halogens is 1. The molecule has 1 heterocycles. The van der Waals surface area contributed by atoms with Gasteiger partial charge < -0.3 is 9.47 Å². The number of alkyl halides is 1. The van der Waals surface area contributed by atoms with E-state index < -0.39 is 0 Å². The van der Waals surface area contributed by atoms with Gasteiger partial charge in [-0.25, -0.2) is 0 Å². The lowest BCUT2D eigenvalue weighted by atomic mass is 10.2. The molecular weight excluding hydrogens is 172 g/mol. The van der Waals surface area contributed by atoms with Crippen molar-refractivity contribution in [3.8, 4) is 0 Å². The van der Waals surface area contributed by atoms with Crippen LogP contribution >= 0.6 is 15.9 Å². The van der Waals surface area contributed by atoms with Crippen LogP contribution in [-0.4, -0.2) is 24.3 Å². The SMILES string of the molecule is COC1OC(C)C1Br. The first-order valence-electron chi connectivity index (χ1n) is 2.58. The van der Waals surface area contributed by atoms with Crippen LogP contribution in [0.15, 0.2) is 0 Å². The zero-order valence-electron chi connectivity index (χ0n) is 4.93. The van der Waals surface area contributed by atoms with Crippen molar-refractivity contribution in [2.45, 2.75) is 24.1 Å². The minimum absolute atomic E-state index is 0.0231. The maximum atomic E-state index is 5.13. The molecule has 8 heavy (non-hydrogen) atoms. The molecule has 0 aromatic carbocycles. The number of ether oxygens (including phenoxy) is 2. The molecule has 48 valence electrons. The number of hydrogen-bond donors (Lipinski definition) is 0. The van der Waals surface area contributed by atoms with E-state index in [9.17, 15) is 0 Å². The van der Waals surface area contributed by atoms with Gasteiger partial charge in [0.05, 0.1) is 10.9 Å². The Labute approximate surface area is 57.3 Å². The number of methoxy groups -OCH3 is 1. The second-order valence-corrected chi connectivity index (χ2v) is 2.95. The molecule has 0 radical (unpaired) electrons. The van der Waals surface area contributed by atoms with Crippen molar-refractivity contribution in [2.24, 2.45) is 0 Å². The molecular formula is C5H9BrO2. The third-order valence-electron chi connectivity index (χ3n) is 1.29. The van der Waals surface area contributed by atoms with Crippen LogP contribution in [0.5, 0.6) is 0 Å². The highest BCUT2D eigenvalue weighted by Crippen LogP contribution is 2.27. The molecule has 1 aliphatic heterocycles. The van der Waals surface area contributed by atoms with Gasteiger partial charge in [-0.1, -0.05) is 15.9 Å². The standard InChI is InChI=1S/C5H9BrO2/c1-3-4(6)5(7-2)8-3/h3-5H,1-2H3. The second kappa shape index (κ2) is 2.33. The maximum Gasteiger partial charge on any atom is 0.172 e. The van der Waals surface area contributed by atoms with Gasteiger partial charge in [0.2, 0.25) is 0 Å². The molecule has 3 atom stereocenters. The third kappa shape index (κ3) is 0.900. The zero-order valence-corrected chi connectivity index (χ0v) is 6.51. The van der Waals surface area contributed by atoms with Gasteiger partial charge in [0.25, 0.3) is 0 Å². The summed E-state index contributed by atoms with van der Waals surface area (Å²) in [6.07, 6.45) is 0.282. The van der Waals surface area contributed by atoms with E-state index in [1.54, 1.807) is 7.11 Å². The first-order valence-corrected chi connectivity index (χ1v) is 3.49. The van der Waals surface area contributed by atoms with Gasteiger partial charge in [0, 0.05) is 7.11 Å². The fourth-order valence-corrected chi connectivity index (χ4v) is 1.14. The topological polar surface area (TPSA) is 18.5 Å². The third-order valence-corrected chi connectivity index (χ3v) is 2.47. The van der Waals surface area contributed by atoms with Crippen molar-refractivity contribution in [1.82, 2.24) is 0 Å². The molecule has 1 aliphatic rings. The van der Waals surface area contributed by atoms with Gasteiger partial charge in [-0.3, -0.25) is 0 Å². The molecule has 1 saturated heterocycles. The summed E-state index contributed by atoms with van der Waals surface area (Å²) in [4.78, 5) is 0.382. The lowest BCUT2D eigenvalue weighted by Crippen LogP contribution is -2.49. The summed E-state index contributed by atoms with van der Waals surface area (Å²) < 4.78 is 10.0. The van der Waals surface area contributed by atoms with Gasteiger partial charge >= 0.3 is 0 Å². The van der Waals surface area contributed by atoms with Crippen LogP contribution in [0.3, 0.4) is 0 Å². The van der Waals surface area contributed by atoms with Crippen LogP contribution < -0.4 is 0 Å². The first kappa shape index (κ1) is 6.52. The van der Waals surface area contributed by atoms with Crippen molar-refractivity contribution >= 4 is 15.9 Å². The summed E-state index contributed by atoms with van der Waals surface area (Å²) in [7, 11) is 1.64. The summed E-state index contributed by atoms with van der Waals surface area (Å²) in [5.74, 6) is 0. The van der Waals surface area contributed by atoms with Crippen molar-refractivity contribution in [1.29, 1.82) is 0 Å². The smallest absolute Gasteiger partial charge is 0.172 e. The van der Waals surface area contributed by atoms with Gasteiger partial charge in [-0.05, 0) is 6.92 Å². The van der Waals surface area contributed by atoms with Crippen LogP contribution in [0, 0.1) is 0 Å². The Hall–Kier alpha value is 0.400. The van der Waals surface area contributed by atoms with Gasteiger partial charge in [-0.15, -0.1) is 0 Å². The van der Waals surface area contributed by atoms with Gasteiger partial charge in [0.15, 0.2) is 6.29 Å². The minimum atomic E-state index is -0.0231. The summed E-state index contributed by atoms with van der Waals surface area (Å²) >= 11 is 3.40. The van der Waals surface area contributed by atoms with Crippen LogP contribution in [-0.2, 0) is 9.47 Å². The normalized spacial score (nSPS) is 46.1. The molecule has 0 bridgehead atoms. The fraction of sp³-hybridized carbons (Fsp3) is 1.00. The Bertz CT molecular complexity index is 86.5. The molecule has 0 aromatic rings. The molecule has 0 N–H and O–H groups in total. The van der Waals surface area contributed by atoms with Crippen LogP contribution in [0.2, 0.25) is 0 Å². The monoisotopic (exact) mass is 180 g/mol. The Morgan fingerprint density at radius 3 is 2.38 bits per heavy atom. The molecule has 0 amide bonds. The van der Waals surface area contributed by atoms with Crippen LogP contribution in [0.4, 0.5) is 0 Å². The molecule has 3 heteroatoms. The van der Waals surface area contributed by atoms with E-state index >= 15 is 0 Å². The molecule has 2 nitrogen and oxygen atoms in total. The highest BCUT2D eigenvalue weighted by molar-refractivity contribution is 9.09. The first-order chi connectivity index (χ1) is 3.75. The number of rotatable bonds is 1. The lowest BCUT2D eigenvalue weighted by Gasteiger charge is -2.37. The second-order valence-electron chi connectivity index (χ2n) is 1.89. The van der Waals surface area contributed by atoms with Crippen LogP contribution in [0.25, 0.3) is 0 Å². The Morgan fingerprint density at radius 2 is 2.25 bits per heavy atom. The predicted molar refractivity (Wildman–Crippen MR) is 34.1 cm³/mol. The molecule has 0 spiro atoms. The van der Waals surface area contributed by atoms with E-state index in [-0.39, 0.29) is 6.29 Å². The Kier molecular flexibility index (Phi) is 1.90. The quantitative estimate of drug-likeness (QED) is 0.564. The van der Waals surface area contributed by atoms with Crippen molar-refractivity contribution in [2.75, 3.05) is 7.11 Å². The van der Waals surface area contributed by atoms with Crippen LogP contribution in [0.1, 0.15) is 6.92 Å². The van der Waals surface area contributed by atoms with E-state index in [2.05, 4.69) is 15.9 Å². The molecule has 0 aliphatic carbocycles. The Morgan fingerprint density at radius 1 is 1.62 bits per heavy atom. The average molecular weight is 181 g/mol. The summed E-state index contributed by atoms with van der Waals surface area (Å²) in [5.41, 5.74) is 0. The summed E-state index contributed by atoms with van der Waals surface area (Å²) in [6, 6.07) is 0. The highest BCUT2D eigenvalue weighted by atomic mass is 79.9. The molecule has 0 saturated carbocycles. The van der Waals surface area contributed by atoms with Crippen molar-refractivity contribution in [3.63, 3.8) is 0 Å². The minimum Gasteiger partial charge on any atom is -0.355 e. The van der Waals surface area contributed by atoms with E-state index in [0.717, 1.165) is 0 Å². The molecule has 3 unspecified atom stereocenters. The lowest BCUT2D eigenvalue weighted by molar-refractivity contribution is -0.229. The summed E-state index contributed by atoms with van der Waals surface area (Å²) in [5, 5.41) is 0. The van der Waals surface area contributed by atoms with Gasteiger partial charge in [0.1, 0.15) is 0 Å². The molecule has 0 aromatic heterocycles. The van der Waals surface area contributed by atoms with E-state index in [0.29, 0.717) is 10.9 Å². The molecule has 1 rings (SSSR count). The predicted octanol–water partition coefficient (Wildman–Crippen LogP) is 1.14. The highest BCUT2D eigenvalue weighted by Gasteiger charge is 2.37. The summed E-state index contributed by atoms with van der Waals surface area (Å²) in [6.45, 7) is 2.01. The average Bonchev–Trinajstić information content (AvgIpc) is 1.81. The maximum absolute atomic E-state index is 5.13. The zero-order chi connectivity index (χ0) is 6.15. The van der Waals surface area contributed by atoms with Gasteiger partial charge in [-0.2, -0.15) is 0 Å². The fourth-order valence-electron chi connectivity index (χ4n) is 0.679.